The zero-order chi connectivity index (χ0) is 39.1. The Morgan fingerprint density at radius 3 is 1.96 bits per heavy atom. The molecule has 1 aliphatic rings. The number of carboxylic acids is 2. The molecule has 52 heavy (non-hydrogen) atoms. The van der Waals surface area contributed by atoms with Gasteiger partial charge in [0.15, 0.2) is 11.6 Å². The fourth-order valence-corrected chi connectivity index (χ4v) is 6.05. The maximum absolute atomic E-state index is 13.8. The van der Waals surface area contributed by atoms with Crippen molar-refractivity contribution in [2.24, 2.45) is 0 Å². The second-order valence-electron chi connectivity index (χ2n) is 11.4. The van der Waals surface area contributed by atoms with Crippen LogP contribution < -0.4 is 15.5 Å². The van der Waals surface area contributed by atoms with Gasteiger partial charge in [-0.25, -0.2) is 18.4 Å². The summed E-state index contributed by atoms with van der Waals surface area (Å²) in [6.07, 6.45) is -3.21. The average Bonchev–Trinajstić information content (AvgIpc) is 3.48. The summed E-state index contributed by atoms with van der Waals surface area (Å²) in [7, 11) is 0. The summed E-state index contributed by atoms with van der Waals surface area (Å²) in [6, 6.07) is 7.89. The molecular weight excluding hydrogens is 736 g/mol. The maximum atomic E-state index is 13.8. The molecule has 20 heteroatoms. The Morgan fingerprint density at radius 2 is 1.38 bits per heavy atom. The number of fused-ring (bicyclic) bond motifs is 1. The molecule has 2 aromatic carbocycles. The maximum Gasteiger partial charge on any atom is 0.490 e. The molecule has 4 rings (SSSR count). The highest BCUT2D eigenvalue weighted by atomic mass is 32.1. The van der Waals surface area contributed by atoms with Crippen LogP contribution in [0.3, 0.4) is 0 Å². The minimum Gasteiger partial charge on any atom is -0.506 e. The third-order valence-corrected chi connectivity index (χ3v) is 8.64. The van der Waals surface area contributed by atoms with Crippen molar-refractivity contribution in [1.29, 1.82) is 0 Å². The molecule has 0 aliphatic heterocycles. The first-order valence-electron chi connectivity index (χ1n) is 15.9. The predicted octanol–water partition coefficient (Wildman–Crippen LogP) is 5.36. The number of H-pyrrole nitrogens is 1. The van der Waals surface area contributed by atoms with Gasteiger partial charge in [0, 0.05) is 32.1 Å². The van der Waals surface area contributed by atoms with Crippen molar-refractivity contribution in [2.45, 2.75) is 69.8 Å². The highest BCUT2D eigenvalue weighted by Crippen LogP contribution is 2.28. The lowest BCUT2D eigenvalue weighted by Crippen LogP contribution is -2.45. The average molecular weight is 775 g/mol. The van der Waals surface area contributed by atoms with E-state index in [1.165, 1.54) is 12.5 Å². The normalized spacial score (nSPS) is 13.5. The van der Waals surface area contributed by atoms with Crippen LogP contribution in [0.4, 0.5) is 35.1 Å². The number of carboxylic acid groups (broad SMARTS) is 2. The van der Waals surface area contributed by atoms with Gasteiger partial charge in [-0.2, -0.15) is 26.3 Å². The number of hydrogen-bond acceptors (Lipinski definition) is 8. The number of benzene rings is 2. The first-order chi connectivity index (χ1) is 24.3. The summed E-state index contributed by atoms with van der Waals surface area (Å²) < 4.78 is 91.4. The topological polar surface area (TPSA) is 172 Å². The molecule has 6 N–H and O–H groups in total. The number of halogens is 8. The Labute approximate surface area is 295 Å². The van der Waals surface area contributed by atoms with Gasteiger partial charge in [-0.05, 0) is 62.0 Å². The summed E-state index contributed by atoms with van der Waals surface area (Å²) >= 11 is 1.10. The fraction of sp³-hybridized carbons (Fsp3) is 0.500. The minimum atomic E-state index is -5.08. The van der Waals surface area contributed by atoms with Crippen molar-refractivity contribution in [3.05, 3.63) is 62.8 Å². The van der Waals surface area contributed by atoms with E-state index in [9.17, 15) is 49.8 Å². The number of aromatic amines is 1. The van der Waals surface area contributed by atoms with Crippen LogP contribution in [0.2, 0.25) is 0 Å². The van der Waals surface area contributed by atoms with Crippen molar-refractivity contribution in [3.8, 4) is 5.75 Å². The Bertz CT molecular complexity index is 1650. The van der Waals surface area contributed by atoms with Gasteiger partial charge in [-0.3, -0.25) is 9.59 Å². The van der Waals surface area contributed by atoms with Crippen LogP contribution >= 0.6 is 11.3 Å². The predicted molar refractivity (Wildman–Crippen MR) is 174 cm³/mol. The van der Waals surface area contributed by atoms with Crippen LogP contribution in [-0.4, -0.2) is 94.2 Å². The van der Waals surface area contributed by atoms with E-state index in [0.717, 1.165) is 53.3 Å². The number of aliphatic carboxylic acids is 2. The van der Waals surface area contributed by atoms with E-state index in [0.29, 0.717) is 63.1 Å². The number of nitrogens with zero attached hydrogens (tertiary/aromatic N) is 1. The largest absolute Gasteiger partial charge is 0.506 e. The lowest BCUT2D eigenvalue weighted by Gasteiger charge is -2.34. The third kappa shape index (κ3) is 14.7. The monoisotopic (exact) mass is 774 g/mol. The summed E-state index contributed by atoms with van der Waals surface area (Å²) in [4.78, 5) is 47.2. The lowest BCUT2D eigenvalue weighted by atomic mass is 9.94. The van der Waals surface area contributed by atoms with Gasteiger partial charge >= 0.3 is 29.2 Å². The molecule has 0 bridgehead atoms. The molecule has 11 nitrogen and oxygen atoms in total. The number of thiazole rings is 1. The molecule has 0 atom stereocenters. The van der Waals surface area contributed by atoms with Gasteiger partial charge in [-0.1, -0.05) is 48.8 Å². The van der Waals surface area contributed by atoms with E-state index >= 15 is 0 Å². The molecule has 0 unspecified atom stereocenters. The van der Waals surface area contributed by atoms with Crippen molar-refractivity contribution < 1.29 is 64.8 Å². The molecule has 290 valence electrons. The number of nitrogens with one attached hydrogen (secondary N) is 3. The van der Waals surface area contributed by atoms with Crippen LogP contribution in [0, 0.1) is 11.6 Å². The number of carbonyl (C=O) groups is 3. The number of amides is 1. The van der Waals surface area contributed by atoms with E-state index in [1.807, 2.05) is 11.0 Å². The zero-order valence-corrected chi connectivity index (χ0v) is 28.3. The molecule has 3 aromatic rings. The number of carbonyl (C=O) groups excluding carboxylic acids is 1. The number of phenolic OH excluding ortho intramolecular Hbond substituents is 1. The molecule has 0 radical (unpaired) electrons. The molecule has 1 saturated carbocycles. The van der Waals surface area contributed by atoms with Crippen molar-refractivity contribution in [2.75, 3.05) is 32.7 Å². The van der Waals surface area contributed by atoms with Crippen LogP contribution in [0.15, 0.2) is 35.1 Å². The molecule has 1 aromatic heterocycles. The van der Waals surface area contributed by atoms with Crippen molar-refractivity contribution >= 4 is 39.4 Å². The summed E-state index contributed by atoms with van der Waals surface area (Å²) in [5.74, 6) is -6.97. The van der Waals surface area contributed by atoms with Gasteiger partial charge in [0.1, 0.15) is 11.3 Å². The van der Waals surface area contributed by atoms with Gasteiger partial charge < -0.3 is 35.8 Å². The molecule has 0 saturated heterocycles. The highest BCUT2D eigenvalue weighted by molar-refractivity contribution is 7.16. The van der Waals surface area contributed by atoms with Crippen LogP contribution in [0.25, 0.3) is 10.2 Å². The quantitative estimate of drug-likeness (QED) is 0.0989. The van der Waals surface area contributed by atoms with E-state index < -0.39 is 35.9 Å². The summed E-state index contributed by atoms with van der Waals surface area (Å²) in [5.41, 5.74) is 1.82. The van der Waals surface area contributed by atoms with Gasteiger partial charge in [0.25, 0.3) is 0 Å². The first kappa shape index (κ1) is 43.9. The first-order valence-corrected chi connectivity index (χ1v) is 16.7. The zero-order valence-electron chi connectivity index (χ0n) is 27.5. The van der Waals surface area contributed by atoms with Crippen LogP contribution in [0.5, 0.6) is 5.75 Å². The second-order valence-corrected chi connectivity index (χ2v) is 12.4. The molecule has 1 aliphatic carbocycles. The Hall–Kier alpha value is -4.30. The van der Waals surface area contributed by atoms with Crippen LogP contribution in [0.1, 0.15) is 49.7 Å². The van der Waals surface area contributed by atoms with Crippen molar-refractivity contribution in [1.82, 2.24) is 20.5 Å². The SMILES string of the molecule is O=C(CCNCCc1cccc(F)c1F)N(CCNCCc1ccc(O)c2[nH]c(=O)sc12)C1CCCCC1.O=C(O)C(F)(F)F.O=C(O)C(F)(F)F. The van der Waals surface area contributed by atoms with Crippen LogP contribution in [-0.2, 0) is 27.2 Å². The third-order valence-electron chi connectivity index (χ3n) is 7.68. The lowest BCUT2D eigenvalue weighted by molar-refractivity contribution is -0.193. The van der Waals surface area contributed by atoms with Gasteiger partial charge in [-0.15, -0.1) is 0 Å². The number of aromatic nitrogens is 1. The molecular formula is C32H38F8N4O7S. The number of aromatic hydroxyl groups is 1. The minimum absolute atomic E-state index is 0.0762. The Kier molecular flexibility index (Phi) is 17.4. The fourth-order valence-electron chi connectivity index (χ4n) is 5.15. The highest BCUT2D eigenvalue weighted by Gasteiger charge is 2.39. The van der Waals surface area contributed by atoms with Gasteiger partial charge in [0.2, 0.25) is 5.91 Å². The van der Waals surface area contributed by atoms with Gasteiger partial charge in [0.05, 0.1) is 4.70 Å². The smallest absolute Gasteiger partial charge is 0.490 e. The summed E-state index contributed by atoms with van der Waals surface area (Å²) in [6.45, 7) is 2.94. The van der Waals surface area contributed by atoms with E-state index in [-0.39, 0.29) is 22.6 Å². The number of rotatable bonds is 13. The van der Waals surface area contributed by atoms with E-state index in [1.54, 1.807) is 12.1 Å². The number of hydrogen-bond donors (Lipinski definition) is 6. The molecule has 1 fully saturated rings. The van der Waals surface area contributed by atoms with E-state index in [2.05, 4.69) is 15.6 Å². The number of alkyl halides is 6. The van der Waals surface area contributed by atoms with E-state index in [4.69, 9.17) is 19.8 Å². The van der Waals surface area contributed by atoms with Crippen molar-refractivity contribution in [3.63, 3.8) is 0 Å². The molecule has 1 heterocycles. The second kappa shape index (κ2) is 20.7. The summed E-state index contributed by atoms with van der Waals surface area (Å²) in [5, 5.41) is 30.8. The Morgan fingerprint density at radius 1 is 0.827 bits per heavy atom. The Balaban J connectivity index is 0.000000564. The standard InChI is InChI=1S/C28H36F2N4O3S.2C2HF3O2/c29-22-8-4-5-19(25(22)30)11-14-31-16-13-24(36)34(21-6-2-1-3-7-21)18-17-32-15-12-20-9-10-23(35)26-27(20)38-28(37)33-26;2*3-2(4,5)1(6)7/h4-5,8-10,21,31-32,35H,1-3,6-7,11-18H2,(H,33,37);2*(H,6,7). The molecule has 1 amide bonds. The molecule has 0 spiro atoms. The number of phenols is 1.